The number of urea groups is 1. The van der Waals surface area contributed by atoms with E-state index in [9.17, 15) is 14.4 Å². The van der Waals surface area contributed by atoms with Crippen LogP contribution in [0.4, 0.5) is 4.79 Å². The van der Waals surface area contributed by atoms with Gasteiger partial charge in [-0.2, -0.15) is 0 Å². The molecule has 0 aliphatic carbocycles. The number of amides is 4. The molecule has 0 radical (unpaired) electrons. The second kappa shape index (κ2) is 5.77. The lowest BCUT2D eigenvalue weighted by Crippen LogP contribution is -2.66. The Labute approximate surface area is 106 Å². The Morgan fingerprint density at radius 2 is 1.89 bits per heavy atom. The molecule has 1 unspecified atom stereocenters. The molecular formula is C12H18N2O4. The maximum Gasteiger partial charge on any atom is 0.328 e. The number of hydrogen-bond donors (Lipinski definition) is 2. The molecule has 1 saturated heterocycles. The van der Waals surface area contributed by atoms with Gasteiger partial charge in [-0.3, -0.25) is 20.2 Å². The molecule has 0 aromatic heterocycles. The number of barbiturate groups is 1. The number of rotatable bonds is 6. The van der Waals surface area contributed by atoms with Gasteiger partial charge in [-0.1, -0.05) is 13.0 Å². The van der Waals surface area contributed by atoms with Crippen LogP contribution in [-0.2, 0) is 14.3 Å². The van der Waals surface area contributed by atoms with Gasteiger partial charge in [0.25, 0.3) is 0 Å². The highest BCUT2D eigenvalue weighted by Crippen LogP contribution is 2.32. The van der Waals surface area contributed by atoms with Crippen LogP contribution in [0.5, 0.6) is 0 Å². The highest BCUT2D eigenvalue weighted by molar-refractivity contribution is 6.19. The third-order valence-corrected chi connectivity index (χ3v) is 3.00. The molecule has 6 nitrogen and oxygen atoms in total. The van der Waals surface area contributed by atoms with Crippen molar-refractivity contribution in [1.29, 1.82) is 0 Å². The summed E-state index contributed by atoms with van der Waals surface area (Å²) in [4.78, 5) is 35.1. The highest BCUT2D eigenvalue weighted by Gasteiger charge is 2.53. The normalized spacial score (nSPS) is 20.0. The molecule has 1 fully saturated rings. The van der Waals surface area contributed by atoms with Crippen molar-refractivity contribution < 1.29 is 19.1 Å². The molecule has 6 heteroatoms. The van der Waals surface area contributed by atoms with Gasteiger partial charge in [0.15, 0.2) is 5.41 Å². The molecule has 1 aliphatic rings. The minimum atomic E-state index is -1.43. The van der Waals surface area contributed by atoms with Crippen LogP contribution in [0, 0.1) is 5.41 Å². The van der Waals surface area contributed by atoms with Gasteiger partial charge in [0.1, 0.15) is 0 Å². The molecule has 2 N–H and O–H groups in total. The Morgan fingerprint density at radius 1 is 1.33 bits per heavy atom. The maximum atomic E-state index is 12.0. The van der Waals surface area contributed by atoms with Crippen molar-refractivity contribution in [3.8, 4) is 0 Å². The Hall–Kier alpha value is -1.69. The summed E-state index contributed by atoms with van der Waals surface area (Å²) in [7, 11) is 0. The topological polar surface area (TPSA) is 84.5 Å². The molecular weight excluding hydrogens is 236 g/mol. The zero-order valence-corrected chi connectivity index (χ0v) is 10.6. The van der Waals surface area contributed by atoms with Crippen molar-refractivity contribution >= 4 is 17.8 Å². The van der Waals surface area contributed by atoms with Crippen LogP contribution in [-0.4, -0.2) is 30.6 Å². The van der Waals surface area contributed by atoms with Crippen LogP contribution in [0.2, 0.25) is 0 Å². The summed E-state index contributed by atoms with van der Waals surface area (Å²) in [6.45, 7) is 7.56. The first-order valence-electron chi connectivity index (χ1n) is 5.88. The molecule has 1 heterocycles. The minimum Gasteiger partial charge on any atom is -0.377 e. The summed E-state index contributed by atoms with van der Waals surface area (Å²) in [5.74, 6) is -1.28. The Bertz CT molecular complexity index is 358. The largest absolute Gasteiger partial charge is 0.377 e. The van der Waals surface area contributed by atoms with Crippen LogP contribution >= 0.6 is 0 Å². The predicted molar refractivity (Wildman–Crippen MR) is 64.6 cm³/mol. The van der Waals surface area contributed by atoms with Crippen molar-refractivity contribution in [1.82, 2.24) is 10.6 Å². The van der Waals surface area contributed by atoms with E-state index in [1.807, 2.05) is 6.92 Å². The van der Waals surface area contributed by atoms with E-state index < -0.39 is 29.4 Å². The lowest BCUT2D eigenvalue weighted by Gasteiger charge is -2.37. The molecule has 1 atom stereocenters. The summed E-state index contributed by atoms with van der Waals surface area (Å²) >= 11 is 0. The van der Waals surface area contributed by atoms with Gasteiger partial charge in [-0.25, -0.2) is 4.79 Å². The predicted octanol–water partition coefficient (Wildman–Crippen LogP) is 0.730. The van der Waals surface area contributed by atoms with Crippen LogP contribution in [0.25, 0.3) is 0 Å². The number of imide groups is 2. The molecule has 4 amide bonds. The van der Waals surface area contributed by atoms with Crippen LogP contribution in [0.1, 0.15) is 26.7 Å². The van der Waals surface area contributed by atoms with Gasteiger partial charge >= 0.3 is 6.03 Å². The molecule has 100 valence electrons. The van der Waals surface area contributed by atoms with E-state index in [0.717, 1.165) is 6.42 Å². The molecule has 1 rings (SSSR count). The number of allylic oxidation sites excluding steroid dienone is 1. The Balaban J connectivity index is 3.03. The maximum absolute atomic E-state index is 12.0. The second-order valence-electron chi connectivity index (χ2n) is 4.21. The first kappa shape index (κ1) is 14.4. The van der Waals surface area contributed by atoms with E-state index in [4.69, 9.17) is 4.74 Å². The fourth-order valence-corrected chi connectivity index (χ4v) is 1.95. The van der Waals surface area contributed by atoms with Crippen molar-refractivity contribution in [2.75, 3.05) is 6.61 Å². The van der Waals surface area contributed by atoms with Gasteiger partial charge in [0, 0.05) is 6.61 Å². The Morgan fingerprint density at radius 3 is 2.33 bits per heavy atom. The molecule has 0 aromatic rings. The highest BCUT2D eigenvalue weighted by atomic mass is 16.5. The van der Waals surface area contributed by atoms with E-state index >= 15 is 0 Å². The van der Waals surface area contributed by atoms with E-state index in [1.54, 1.807) is 6.92 Å². The first-order chi connectivity index (χ1) is 8.48. The van der Waals surface area contributed by atoms with E-state index in [2.05, 4.69) is 17.2 Å². The van der Waals surface area contributed by atoms with Crippen molar-refractivity contribution in [3.05, 3.63) is 12.7 Å². The number of carbonyl (C=O) groups excluding carboxylic acids is 3. The first-order valence-corrected chi connectivity index (χ1v) is 5.88. The van der Waals surface area contributed by atoms with E-state index in [-0.39, 0.29) is 6.42 Å². The fraction of sp³-hybridized carbons (Fsp3) is 0.583. The number of carbonyl (C=O) groups is 3. The number of nitrogens with one attached hydrogen (secondary N) is 2. The molecule has 0 spiro atoms. The molecule has 1 aliphatic heterocycles. The lowest BCUT2D eigenvalue weighted by atomic mass is 9.76. The summed E-state index contributed by atoms with van der Waals surface area (Å²) in [6.07, 6.45) is 1.73. The van der Waals surface area contributed by atoms with Gasteiger partial charge in [0.05, 0.1) is 6.10 Å². The van der Waals surface area contributed by atoms with Gasteiger partial charge in [-0.15, -0.1) is 6.58 Å². The third-order valence-electron chi connectivity index (χ3n) is 3.00. The quantitative estimate of drug-likeness (QED) is 0.540. The summed E-state index contributed by atoms with van der Waals surface area (Å²) in [5.41, 5.74) is -1.43. The fourth-order valence-electron chi connectivity index (χ4n) is 1.95. The zero-order valence-electron chi connectivity index (χ0n) is 10.6. The number of hydrogen-bond acceptors (Lipinski definition) is 4. The number of ether oxygens (including phenoxy) is 1. The van der Waals surface area contributed by atoms with Crippen LogP contribution < -0.4 is 10.6 Å². The van der Waals surface area contributed by atoms with Crippen molar-refractivity contribution in [2.24, 2.45) is 5.41 Å². The average Bonchev–Trinajstić information content (AvgIpc) is 2.30. The average molecular weight is 254 g/mol. The smallest absolute Gasteiger partial charge is 0.328 e. The lowest BCUT2D eigenvalue weighted by molar-refractivity contribution is -0.155. The Kier molecular flexibility index (Phi) is 4.61. The monoisotopic (exact) mass is 254 g/mol. The zero-order chi connectivity index (χ0) is 13.8. The minimum absolute atomic E-state index is 0.114. The standard InChI is InChI=1S/C12H18N2O4/c1-4-6-12(8(3)18-7-5-2)9(15)13-11(17)14-10(12)16/h4,8H,1,5-7H2,2-3H3,(H2,13,14,15,16,17). The van der Waals surface area contributed by atoms with Gasteiger partial charge < -0.3 is 4.74 Å². The van der Waals surface area contributed by atoms with E-state index in [1.165, 1.54) is 6.08 Å². The molecule has 18 heavy (non-hydrogen) atoms. The summed E-state index contributed by atoms with van der Waals surface area (Å²) < 4.78 is 5.48. The molecule has 0 saturated carbocycles. The molecule has 0 bridgehead atoms. The summed E-state index contributed by atoms with van der Waals surface area (Å²) in [6, 6.07) is -0.799. The van der Waals surface area contributed by atoms with E-state index in [0.29, 0.717) is 6.61 Å². The second-order valence-corrected chi connectivity index (χ2v) is 4.21. The SMILES string of the molecule is C=CCC1(C(C)OCCC)C(=O)NC(=O)NC1=O. The van der Waals surface area contributed by atoms with Crippen LogP contribution in [0.15, 0.2) is 12.7 Å². The van der Waals surface area contributed by atoms with Crippen molar-refractivity contribution in [2.45, 2.75) is 32.8 Å². The van der Waals surface area contributed by atoms with Crippen molar-refractivity contribution in [3.63, 3.8) is 0 Å². The third kappa shape index (κ3) is 2.43. The van der Waals surface area contributed by atoms with Gasteiger partial charge in [-0.05, 0) is 19.8 Å². The van der Waals surface area contributed by atoms with Crippen LogP contribution in [0.3, 0.4) is 0 Å². The van der Waals surface area contributed by atoms with Gasteiger partial charge in [0.2, 0.25) is 11.8 Å². The molecule has 0 aromatic carbocycles. The summed E-state index contributed by atoms with van der Waals surface area (Å²) in [5, 5.41) is 4.21.